The summed E-state index contributed by atoms with van der Waals surface area (Å²) in [5, 5.41) is 14.4. The number of aromatic hydroxyl groups is 1. The Labute approximate surface area is 130 Å². The number of phenolic OH excluding ortho intramolecular Hbond substituents is 1. The van der Waals surface area contributed by atoms with Gasteiger partial charge in [-0.2, -0.15) is 0 Å². The molecule has 3 aromatic carbocycles. The molecule has 0 aliphatic carbocycles. The van der Waals surface area contributed by atoms with Crippen molar-refractivity contribution in [1.29, 1.82) is 0 Å². The highest BCUT2D eigenvalue weighted by atomic mass is 79.9. The molecule has 0 atom stereocenters. The van der Waals surface area contributed by atoms with Crippen molar-refractivity contribution in [2.75, 3.05) is 5.32 Å². The number of amides is 1. The number of hydrogen-bond acceptors (Lipinski definition) is 2. The highest BCUT2D eigenvalue weighted by molar-refractivity contribution is 9.10. The first-order valence-electron chi connectivity index (χ1n) is 6.41. The van der Waals surface area contributed by atoms with Crippen LogP contribution in [0.3, 0.4) is 0 Å². The molecule has 0 heterocycles. The summed E-state index contributed by atoms with van der Waals surface area (Å²) in [4.78, 5) is 12.1. The number of carbonyl (C=O) groups is 1. The van der Waals surface area contributed by atoms with E-state index in [4.69, 9.17) is 0 Å². The average Bonchev–Trinajstić information content (AvgIpc) is 2.47. The summed E-state index contributed by atoms with van der Waals surface area (Å²) in [6.45, 7) is 0. The highest BCUT2D eigenvalue weighted by Crippen LogP contribution is 2.23. The van der Waals surface area contributed by atoms with Gasteiger partial charge in [0.1, 0.15) is 5.75 Å². The molecule has 0 saturated carbocycles. The normalized spacial score (nSPS) is 10.5. The van der Waals surface area contributed by atoms with Crippen LogP contribution in [0.5, 0.6) is 5.75 Å². The standard InChI is InChI=1S/C17H12BrNO2/c18-14-6-4-12-9-15(7-5-11(12)8-14)19-17(21)13-2-1-3-16(20)10-13/h1-10,20H,(H,19,21). The summed E-state index contributed by atoms with van der Waals surface area (Å²) in [6, 6.07) is 18.0. The monoisotopic (exact) mass is 341 g/mol. The van der Waals surface area contributed by atoms with Crippen molar-refractivity contribution in [3.8, 4) is 5.75 Å². The molecule has 3 rings (SSSR count). The molecule has 3 aromatic rings. The number of fused-ring (bicyclic) bond motifs is 1. The average molecular weight is 342 g/mol. The molecule has 0 fully saturated rings. The van der Waals surface area contributed by atoms with Crippen molar-refractivity contribution in [2.45, 2.75) is 0 Å². The first-order chi connectivity index (χ1) is 10.1. The molecule has 3 nitrogen and oxygen atoms in total. The first kappa shape index (κ1) is 13.6. The zero-order chi connectivity index (χ0) is 14.8. The van der Waals surface area contributed by atoms with Crippen LogP contribution in [0.15, 0.2) is 65.1 Å². The molecule has 0 aromatic heterocycles. The summed E-state index contributed by atoms with van der Waals surface area (Å²) in [6.07, 6.45) is 0. The molecule has 0 aliphatic heterocycles. The number of nitrogens with one attached hydrogen (secondary N) is 1. The van der Waals surface area contributed by atoms with Crippen LogP contribution in [0.25, 0.3) is 10.8 Å². The van der Waals surface area contributed by atoms with Crippen molar-refractivity contribution in [1.82, 2.24) is 0 Å². The SMILES string of the molecule is O=C(Nc1ccc2cc(Br)ccc2c1)c1cccc(O)c1. The van der Waals surface area contributed by atoms with E-state index in [0.717, 1.165) is 20.9 Å². The van der Waals surface area contributed by atoms with E-state index in [0.29, 0.717) is 5.56 Å². The van der Waals surface area contributed by atoms with Crippen molar-refractivity contribution in [3.05, 3.63) is 70.7 Å². The van der Waals surface area contributed by atoms with Gasteiger partial charge in [0, 0.05) is 15.7 Å². The number of benzene rings is 3. The summed E-state index contributed by atoms with van der Waals surface area (Å²) in [5.74, 6) is -0.173. The molecule has 1 amide bonds. The number of hydrogen-bond donors (Lipinski definition) is 2. The Morgan fingerprint density at radius 3 is 2.52 bits per heavy atom. The third-order valence-corrected chi connectivity index (χ3v) is 3.66. The Morgan fingerprint density at radius 2 is 1.71 bits per heavy atom. The van der Waals surface area contributed by atoms with Crippen molar-refractivity contribution in [2.24, 2.45) is 0 Å². The van der Waals surface area contributed by atoms with Gasteiger partial charge in [-0.3, -0.25) is 4.79 Å². The molecule has 104 valence electrons. The van der Waals surface area contributed by atoms with Crippen LogP contribution in [0, 0.1) is 0 Å². The number of halogens is 1. The molecule has 0 aliphatic rings. The quantitative estimate of drug-likeness (QED) is 0.717. The minimum Gasteiger partial charge on any atom is -0.508 e. The fourth-order valence-electron chi connectivity index (χ4n) is 2.14. The van der Waals surface area contributed by atoms with Gasteiger partial charge in [-0.25, -0.2) is 0 Å². The molecule has 0 unspecified atom stereocenters. The maximum Gasteiger partial charge on any atom is 0.255 e. The van der Waals surface area contributed by atoms with Gasteiger partial charge in [0.2, 0.25) is 0 Å². The molecule has 0 radical (unpaired) electrons. The third-order valence-electron chi connectivity index (χ3n) is 3.17. The van der Waals surface area contributed by atoms with Gasteiger partial charge in [0.25, 0.3) is 5.91 Å². The van der Waals surface area contributed by atoms with Gasteiger partial charge < -0.3 is 10.4 Å². The Morgan fingerprint density at radius 1 is 0.952 bits per heavy atom. The predicted molar refractivity (Wildman–Crippen MR) is 87.7 cm³/mol. The Bertz CT molecular complexity index is 830. The molecule has 4 heteroatoms. The van der Waals surface area contributed by atoms with Crippen LogP contribution in [0.2, 0.25) is 0 Å². The topological polar surface area (TPSA) is 49.3 Å². The van der Waals surface area contributed by atoms with E-state index < -0.39 is 0 Å². The molecule has 0 spiro atoms. The second-order valence-corrected chi connectivity index (χ2v) is 5.63. The maximum atomic E-state index is 12.1. The largest absolute Gasteiger partial charge is 0.508 e. The first-order valence-corrected chi connectivity index (χ1v) is 7.21. The van der Waals surface area contributed by atoms with E-state index in [9.17, 15) is 9.90 Å². The molecular formula is C17H12BrNO2. The second kappa shape index (κ2) is 5.58. The van der Waals surface area contributed by atoms with Crippen LogP contribution in [-0.2, 0) is 0 Å². The Balaban J connectivity index is 1.87. The van der Waals surface area contributed by atoms with Crippen LogP contribution >= 0.6 is 15.9 Å². The zero-order valence-electron chi connectivity index (χ0n) is 11.0. The van der Waals surface area contributed by atoms with Crippen LogP contribution in [-0.4, -0.2) is 11.0 Å². The van der Waals surface area contributed by atoms with Gasteiger partial charge in [-0.05, 0) is 53.2 Å². The van der Waals surface area contributed by atoms with Crippen LogP contribution < -0.4 is 5.32 Å². The van der Waals surface area contributed by atoms with E-state index in [2.05, 4.69) is 21.2 Å². The summed E-state index contributed by atoms with van der Waals surface area (Å²) in [5.41, 5.74) is 1.14. The number of rotatable bonds is 2. The third kappa shape index (κ3) is 3.06. The lowest BCUT2D eigenvalue weighted by molar-refractivity contribution is 0.102. The predicted octanol–water partition coefficient (Wildman–Crippen LogP) is 4.56. The van der Waals surface area contributed by atoms with E-state index in [-0.39, 0.29) is 11.7 Å². The molecule has 0 saturated heterocycles. The molecule has 21 heavy (non-hydrogen) atoms. The molecular weight excluding hydrogens is 330 g/mol. The van der Waals surface area contributed by atoms with Gasteiger partial charge in [-0.15, -0.1) is 0 Å². The maximum absolute atomic E-state index is 12.1. The number of carbonyl (C=O) groups excluding carboxylic acids is 1. The van der Waals surface area contributed by atoms with Crippen molar-refractivity contribution < 1.29 is 9.90 Å². The Hall–Kier alpha value is -2.33. The summed E-state index contributed by atoms with van der Waals surface area (Å²) < 4.78 is 1.02. The van der Waals surface area contributed by atoms with E-state index in [1.165, 1.54) is 12.1 Å². The van der Waals surface area contributed by atoms with Gasteiger partial charge >= 0.3 is 0 Å². The Kier molecular flexibility index (Phi) is 3.62. The molecule has 2 N–H and O–H groups in total. The lowest BCUT2D eigenvalue weighted by atomic mass is 10.1. The van der Waals surface area contributed by atoms with Crippen molar-refractivity contribution >= 4 is 38.3 Å². The van der Waals surface area contributed by atoms with Crippen LogP contribution in [0.1, 0.15) is 10.4 Å². The highest BCUT2D eigenvalue weighted by Gasteiger charge is 2.07. The van der Waals surface area contributed by atoms with Gasteiger partial charge in [0.15, 0.2) is 0 Å². The van der Waals surface area contributed by atoms with E-state index in [1.807, 2.05) is 36.4 Å². The van der Waals surface area contributed by atoms with Crippen molar-refractivity contribution in [3.63, 3.8) is 0 Å². The van der Waals surface area contributed by atoms with Gasteiger partial charge in [-0.1, -0.05) is 34.1 Å². The summed E-state index contributed by atoms with van der Waals surface area (Å²) in [7, 11) is 0. The minimum atomic E-state index is -0.248. The van der Waals surface area contributed by atoms with Gasteiger partial charge in [0.05, 0.1) is 0 Å². The number of anilines is 1. The fourth-order valence-corrected chi connectivity index (χ4v) is 2.52. The smallest absolute Gasteiger partial charge is 0.255 e. The fraction of sp³-hybridized carbons (Fsp3) is 0. The zero-order valence-corrected chi connectivity index (χ0v) is 12.6. The lowest BCUT2D eigenvalue weighted by Crippen LogP contribution is -2.11. The molecule has 0 bridgehead atoms. The number of phenols is 1. The van der Waals surface area contributed by atoms with E-state index in [1.54, 1.807) is 12.1 Å². The minimum absolute atomic E-state index is 0.0750. The summed E-state index contributed by atoms with van der Waals surface area (Å²) >= 11 is 3.44. The van der Waals surface area contributed by atoms with E-state index >= 15 is 0 Å². The van der Waals surface area contributed by atoms with Crippen LogP contribution in [0.4, 0.5) is 5.69 Å². The lowest BCUT2D eigenvalue weighted by Gasteiger charge is -2.07. The second-order valence-electron chi connectivity index (χ2n) is 4.71.